The Morgan fingerprint density at radius 2 is 1.97 bits per heavy atom. The second-order valence-electron chi connectivity index (χ2n) is 8.62. The van der Waals surface area contributed by atoms with Crippen LogP contribution in [0.25, 0.3) is 10.9 Å². The molecule has 1 atom stereocenters. The Labute approximate surface area is 183 Å². The second-order valence-corrected chi connectivity index (χ2v) is 8.62. The molecule has 0 radical (unpaired) electrons. The molecule has 1 aromatic carbocycles. The fourth-order valence-electron chi connectivity index (χ4n) is 4.33. The Morgan fingerprint density at radius 1 is 1.19 bits per heavy atom. The van der Waals surface area contributed by atoms with Crippen molar-refractivity contribution in [2.75, 3.05) is 31.1 Å². The molecule has 31 heavy (non-hydrogen) atoms. The lowest BCUT2D eigenvalue weighted by atomic mass is 10.0. The van der Waals surface area contributed by atoms with E-state index in [0.717, 1.165) is 51.0 Å². The Bertz CT molecular complexity index is 1000. The molecule has 2 aromatic heterocycles. The molecule has 0 bridgehead atoms. The van der Waals surface area contributed by atoms with Crippen LogP contribution in [0.2, 0.25) is 0 Å². The third-order valence-electron chi connectivity index (χ3n) is 6.13. The number of nitrogens with zero attached hydrogens (tertiary/aromatic N) is 4. The summed E-state index contributed by atoms with van der Waals surface area (Å²) in [5.74, 6) is 0.691. The van der Waals surface area contributed by atoms with Crippen LogP contribution in [0.3, 0.4) is 0 Å². The third kappa shape index (κ3) is 4.90. The minimum absolute atomic E-state index is 0.0415. The summed E-state index contributed by atoms with van der Waals surface area (Å²) in [6.07, 6.45) is 4.73. The number of para-hydroxylation sites is 1. The highest BCUT2D eigenvalue weighted by Crippen LogP contribution is 2.20. The lowest BCUT2D eigenvalue weighted by molar-refractivity contribution is 0.0924. The number of benzene rings is 1. The molecule has 1 unspecified atom stereocenters. The van der Waals surface area contributed by atoms with Crippen molar-refractivity contribution < 1.29 is 4.79 Å². The smallest absolute Gasteiger partial charge is 0.288 e. The van der Waals surface area contributed by atoms with Crippen molar-refractivity contribution in [2.45, 2.75) is 52.1 Å². The predicted octanol–water partition coefficient (Wildman–Crippen LogP) is 2.96. The maximum atomic E-state index is 12.9. The first-order chi connectivity index (χ1) is 15.0. The van der Waals surface area contributed by atoms with E-state index in [1.807, 2.05) is 18.3 Å². The number of fused-ring (bicyclic) bond motifs is 1. The van der Waals surface area contributed by atoms with E-state index < -0.39 is 0 Å². The SMILES string of the molecule is CCCC(Cc1c[nH]c2ccccc12)NC(=O)c1nc(N2CCN(C(C)C)CC2)n[nH]1. The average molecular weight is 424 g/mol. The molecule has 1 aliphatic heterocycles. The molecule has 8 heteroatoms. The first kappa shape index (κ1) is 21.4. The first-order valence-electron chi connectivity index (χ1n) is 11.3. The number of hydrogen-bond acceptors (Lipinski definition) is 5. The van der Waals surface area contributed by atoms with Gasteiger partial charge in [-0.2, -0.15) is 4.98 Å². The molecular weight excluding hydrogens is 390 g/mol. The van der Waals surface area contributed by atoms with E-state index in [4.69, 9.17) is 0 Å². The minimum atomic E-state index is -0.196. The number of hydrogen-bond donors (Lipinski definition) is 3. The van der Waals surface area contributed by atoms with E-state index in [2.05, 4.69) is 68.2 Å². The van der Waals surface area contributed by atoms with Crippen molar-refractivity contribution in [2.24, 2.45) is 0 Å². The normalized spacial score (nSPS) is 16.2. The summed E-state index contributed by atoms with van der Waals surface area (Å²) in [5, 5.41) is 11.5. The van der Waals surface area contributed by atoms with Gasteiger partial charge in [0.2, 0.25) is 11.8 Å². The molecule has 3 heterocycles. The van der Waals surface area contributed by atoms with Gasteiger partial charge >= 0.3 is 0 Å². The predicted molar refractivity (Wildman–Crippen MR) is 123 cm³/mol. The van der Waals surface area contributed by atoms with E-state index in [1.165, 1.54) is 10.9 Å². The summed E-state index contributed by atoms with van der Waals surface area (Å²) in [5.41, 5.74) is 2.34. The van der Waals surface area contributed by atoms with Crippen LogP contribution in [-0.2, 0) is 6.42 Å². The highest BCUT2D eigenvalue weighted by Gasteiger charge is 2.23. The highest BCUT2D eigenvalue weighted by atomic mass is 16.2. The van der Waals surface area contributed by atoms with Crippen LogP contribution in [0.15, 0.2) is 30.5 Å². The number of amides is 1. The van der Waals surface area contributed by atoms with Crippen LogP contribution in [0.5, 0.6) is 0 Å². The van der Waals surface area contributed by atoms with Gasteiger partial charge in [-0.05, 0) is 38.3 Å². The monoisotopic (exact) mass is 423 g/mol. The lowest BCUT2D eigenvalue weighted by Crippen LogP contribution is -2.49. The standard InChI is InChI=1S/C23H33N7O/c1-4-7-18(14-17-15-24-20-9-6-5-8-19(17)20)25-22(31)21-26-23(28-27-21)30-12-10-29(11-13-30)16(2)3/h5-6,8-9,15-16,18,24H,4,7,10-14H2,1-3H3,(H,25,31)(H,26,27,28). The van der Waals surface area contributed by atoms with Gasteiger partial charge in [-0.3, -0.25) is 14.8 Å². The van der Waals surface area contributed by atoms with Crippen LogP contribution < -0.4 is 10.2 Å². The van der Waals surface area contributed by atoms with Crippen molar-refractivity contribution in [1.82, 2.24) is 30.4 Å². The van der Waals surface area contributed by atoms with Gasteiger partial charge in [0, 0.05) is 55.4 Å². The van der Waals surface area contributed by atoms with Crippen LogP contribution in [0.1, 0.15) is 49.8 Å². The molecule has 4 rings (SSSR count). The summed E-state index contributed by atoms with van der Waals surface area (Å²) >= 11 is 0. The third-order valence-corrected chi connectivity index (χ3v) is 6.13. The van der Waals surface area contributed by atoms with Gasteiger partial charge in [-0.25, -0.2) is 0 Å². The molecule has 1 aliphatic rings. The van der Waals surface area contributed by atoms with Gasteiger partial charge in [-0.1, -0.05) is 31.5 Å². The number of carbonyl (C=O) groups is 1. The van der Waals surface area contributed by atoms with Gasteiger partial charge in [0.15, 0.2) is 0 Å². The van der Waals surface area contributed by atoms with E-state index in [-0.39, 0.29) is 17.8 Å². The maximum Gasteiger partial charge on any atom is 0.288 e. The number of anilines is 1. The highest BCUT2D eigenvalue weighted by molar-refractivity contribution is 5.91. The molecule has 1 amide bonds. The number of nitrogens with one attached hydrogen (secondary N) is 3. The Balaban J connectivity index is 1.39. The molecule has 1 fully saturated rings. The van der Waals surface area contributed by atoms with Crippen LogP contribution in [0, 0.1) is 0 Å². The number of aromatic amines is 2. The molecule has 8 nitrogen and oxygen atoms in total. The van der Waals surface area contributed by atoms with E-state index in [0.29, 0.717) is 12.0 Å². The van der Waals surface area contributed by atoms with E-state index in [1.54, 1.807) is 0 Å². The molecule has 166 valence electrons. The summed E-state index contributed by atoms with van der Waals surface area (Å²) in [6, 6.07) is 8.85. The van der Waals surface area contributed by atoms with Gasteiger partial charge in [0.1, 0.15) is 0 Å². The number of rotatable bonds is 8. The number of H-pyrrole nitrogens is 2. The Hall–Kier alpha value is -2.87. The van der Waals surface area contributed by atoms with Gasteiger partial charge < -0.3 is 15.2 Å². The molecule has 1 saturated heterocycles. The quantitative estimate of drug-likeness (QED) is 0.518. The minimum Gasteiger partial charge on any atom is -0.361 e. The Kier molecular flexibility index (Phi) is 6.56. The van der Waals surface area contributed by atoms with Crippen LogP contribution in [-0.4, -0.2) is 69.2 Å². The number of carbonyl (C=O) groups excluding carboxylic acids is 1. The molecule has 3 N–H and O–H groups in total. The largest absolute Gasteiger partial charge is 0.361 e. The van der Waals surface area contributed by atoms with Crippen LogP contribution in [0.4, 0.5) is 5.95 Å². The summed E-state index contributed by atoms with van der Waals surface area (Å²) in [4.78, 5) is 25.3. The molecule has 3 aromatic rings. The van der Waals surface area contributed by atoms with Gasteiger partial charge in [0.05, 0.1) is 0 Å². The number of aromatic nitrogens is 4. The van der Waals surface area contributed by atoms with Crippen molar-refractivity contribution in [3.05, 3.63) is 41.9 Å². The van der Waals surface area contributed by atoms with Crippen LogP contribution >= 0.6 is 0 Å². The second kappa shape index (κ2) is 9.51. The zero-order valence-electron chi connectivity index (χ0n) is 18.7. The summed E-state index contributed by atoms with van der Waals surface area (Å²) < 4.78 is 0. The molecule has 0 spiro atoms. The van der Waals surface area contributed by atoms with Crippen molar-refractivity contribution >= 4 is 22.8 Å². The Morgan fingerprint density at radius 3 is 2.71 bits per heavy atom. The fraction of sp³-hybridized carbons (Fsp3) is 0.522. The summed E-state index contributed by atoms with van der Waals surface area (Å²) in [6.45, 7) is 10.3. The van der Waals surface area contributed by atoms with E-state index in [9.17, 15) is 4.79 Å². The maximum absolute atomic E-state index is 12.9. The molecule has 0 saturated carbocycles. The summed E-state index contributed by atoms with van der Waals surface area (Å²) in [7, 11) is 0. The molecular formula is C23H33N7O. The number of piperazine rings is 1. The van der Waals surface area contributed by atoms with E-state index >= 15 is 0 Å². The zero-order chi connectivity index (χ0) is 21.8. The average Bonchev–Trinajstić information content (AvgIpc) is 3.42. The lowest BCUT2D eigenvalue weighted by Gasteiger charge is -2.36. The zero-order valence-corrected chi connectivity index (χ0v) is 18.7. The topological polar surface area (TPSA) is 92.9 Å². The van der Waals surface area contributed by atoms with Crippen molar-refractivity contribution in [3.8, 4) is 0 Å². The van der Waals surface area contributed by atoms with Crippen molar-refractivity contribution in [1.29, 1.82) is 0 Å². The van der Waals surface area contributed by atoms with Crippen molar-refractivity contribution in [3.63, 3.8) is 0 Å². The fourth-order valence-corrected chi connectivity index (χ4v) is 4.33. The van der Waals surface area contributed by atoms with Gasteiger partial charge in [-0.15, -0.1) is 5.10 Å². The molecule has 0 aliphatic carbocycles. The van der Waals surface area contributed by atoms with Gasteiger partial charge in [0.25, 0.3) is 5.91 Å². The first-order valence-corrected chi connectivity index (χ1v) is 11.3.